The van der Waals surface area contributed by atoms with Crippen LogP contribution in [0.25, 0.3) is 16.6 Å². The van der Waals surface area contributed by atoms with Crippen molar-refractivity contribution in [1.82, 2.24) is 19.5 Å². The molecule has 1 aliphatic heterocycles. The number of aryl methyl sites for hydroxylation is 1. The molecule has 7 heteroatoms. The molecule has 0 radical (unpaired) electrons. The summed E-state index contributed by atoms with van der Waals surface area (Å²) in [7, 11) is 2.12. The highest BCUT2D eigenvalue weighted by Crippen LogP contribution is 2.33. The molecule has 2 fully saturated rings. The lowest BCUT2D eigenvalue weighted by Gasteiger charge is -2.17. The molecule has 3 aromatic heterocycles. The Morgan fingerprint density at radius 1 is 1.24 bits per heavy atom. The zero-order valence-corrected chi connectivity index (χ0v) is 16.8. The van der Waals surface area contributed by atoms with Gasteiger partial charge in [-0.1, -0.05) is 0 Å². The molecule has 150 valence electrons. The van der Waals surface area contributed by atoms with Crippen LogP contribution < -0.4 is 10.1 Å². The van der Waals surface area contributed by atoms with Gasteiger partial charge in [-0.2, -0.15) is 5.10 Å². The largest absolute Gasteiger partial charge is 0.487 e. The number of hydrogen-bond donors (Lipinski definition) is 1. The van der Waals surface area contributed by atoms with Gasteiger partial charge in [0.05, 0.1) is 11.7 Å². The van der Waals surface area contributed by atoms with Gasteiger partial charge >= 0.3 is 0 Å². The van der Waals surface area contributed by atoms with E-state index in [0.717, 1.165) is 60.4 Å². The third-order valence-electron chi connectivity index (χ3n) is 5.62. The van der Waals surface area contributed by atoms with E-state index in [1.54, 1.807) is 4.52 Å². The van der Waals surface area contributed by atoms with E-state index in [0.29, 0.717) is 5.82 Å². The summed E-state index contributed by atoms with van der Waals surface area (Å²) in [4.78, 5) is 18.7. The van der Waals surface area contributed by atoms with Gasteiger partial charge in [-0.25, -0.2) is 4.52 Å². The van der Waals surface area contributed by atoms with Crippen molar-refractivity contribution in [2.24, 2.45) is 5.92 Å². The van der Waals surface area contributed by atoms with Crippen molar-refractivity contribution in [3.05, 3.63) is 42.4 Å². The number of hydrogen-bond acceptors (Lipinski definition) is 5. The molecule has 0 spiro atoms. The van der Waals surface area contributed by atoms with Crippen molar-refractivity contribution in [2.75, 3.05) is 25.5 Å². The Bertz CT molecular complexity index is 1070. The number of carbonyl (C=O) groups is 1. The van der Waals surface area contributed by atoms with Crippen molar-refractivity contribution >= 4 is 17.2 Å². The molecule has 2 aliphatic rings. The maximum Gasteiger partial charge on any atom is 0.228 e. The fraction of sp³-hybridized carbons (Fsp3) is 0.409. The van der Waals surface area contributed by atoms with Crippen LogP contribution in [-0.4, -0.2) is 51.6 Å². The van der Waals surface area contributed by atoms with Gasteiger partial charge < -0.3 is 15.0 Å². The molecule has 1 amide bonds. The number of nitrogens with zero attached hydrogens (tertiary/aromatic N) is 4. The number of anilines is 1. The van der Waals surface area contributed by atoms with Gasteiger partial charge in [0, 0.05) is 42.5 Å². The Morgan fingerprint density at radius 2 is 2.10 bits per heavy atom. The lowest BCUT2D eigenvalue weighted by molar-refractivity contribution is -0.117. The fourth-order valence-electron chi connectivity index (χ4n) is 3.83. The fourth-order valence-corrected chi connectivity index (χ4v) is 3.83. The van der Waals surface area contributed by atoms with Gasteiger partial charge in [-0.3, -0.25) is 9.78 Å². The molecule has 1 atom stereocenters. The molecule has 0 unspecified atom stereocenters. The molecule has 5 rings (SSSR count). The number of aromatic nitrogens is 3. The number of nitrogens with one attached hydrogen (secondary N) is 1. The van der Waals surface area contributed by atoms with E-state index in [1.165, 1.54) is 0 Å². The van der Waals surface area contributed by atoms with Crippen LogP contribution in [0.15, 0.2) is 36.7 Å². The van der Waals surface area contributed by atoms with Crippen molar-refractivity contribution in [3.8, 4) is 16.9 Å². The third kappa shape index (κ3) is 3.82. The molecule has 3 aromatic rings. The third-order valence-corrected chi connectivity index (χ3v) is 5.62. The number of carbonyl (C=O) groups excluding carboxylic acids is 1. The highest BCUT2D eigenvalue weighted by atomic mass is 16.5. The van der Waals surface area contributed by atoms with Gasteiger partial charge in [0.25, 0.3) is 0 Å². The Balaban J connectivity index is 1.44. The standard InChI is InChI=1S/C22H25N5O2/c1-14-9-19(20(12-23-14)29-18-6-7-26(2)13-18)16-5-8-27-17(10-16)11-21(25-27)24-22(28)15-3-4-15/h5,8-12,15,18H,3-4,6-7,13H2,1-2H3,(H,24,25,28)/t18-/m0/s1. The minimum atomic E-state index is 0.0654. The second-order valence-electron chi connectivity index (χ2n) is 8.19. The highest BCUT2D eigenvalue weighted by Gasteiger charge is 2.30. The van der Waals surface area contributed by atoms with E-state index < -0.39 is 0 Å². The van der Waals surface area contributed by atoms with Crippen LogP contribution in [-0.2, 0) is 4.79 Å². The number of likely N-dealkylation sites (tertiary alicyclic amines) is 1. The van der Waals surface area contributed by atoms with Gasteiger partial charge in [0.1, 0.15) is 11.9 Å². The van der Waals surface area contributed by atoms with Gasteiger partial charge in [-0.05, 0) is 57.0 Å². The topological polar surface area (TPSA) is 71.8 Å². The summed E-state index contributed by atoms with van der Waals surface area (Å²) < 4.78 is 8.09. The normalized spacial score (nSPS) is 19.6. The lowest BCUT2D eigenvalue weighted by atomic mass is 10.1. The maximum absolute atomic E-state index is 12.0. The minimum Gasteiger partial charge on any atom is -0.487 e. The average molecular weight is 391 g/mol. The first kappa shape index (κ1) is 18.1. The van der Waals surface area contributed by atoms with Crippen LogP contribution in [0.1, 0.15) is 25.0 Å². The van der Waals surface area contributed by atoms with Crippen molar-refractivity contribution in [3.63, 3.8) is 0 Å². The van der Waals surface area contributed by atoms with Gasteiger partial charge in [0.15, 0.2) is 5.82 Å². The predicted molar refractivity (Wildman–Crippen MR) is 111 cm³/mol. The average Bonchev–Trinajstić information content (AvgIpc) is 3.36. The van der Waals surface area contributed by atoms with Crippen LogP contribution in [0.4, 0.5) is 5.82 Å². The first-order valence-electron chi connectivity index (χ1n) is 10.2. The molecule has 1 N–H and O–H groups in total. The van der Waals surface area contributed by atoms with Crippen LogP contribution in [0.2, 0.25) is 0 Å². The lowest BCUT2D eigenvalue weighted by Crippen LogP contribution is -2.21. The number of ether oxygens (including phenoxy) is 1. The number of pyridine rings is 2. The van der Waals surface area contributed by atoms with Crippen molar-refractivity contribution in [2.45, 2.75) is 32.3 Å². The molecule has 0 bridgehead atoms. The first-order valence-corrected chi connectivity index (χ1v) is 10.2. The molecule has 0 aromatic carbocycles. The summed E-state index contributed by atoms with van der Waals surface area (Å²) in [5.74, 6) is 1.62. The SMILES string of the molecule is Cc1cc(-c2ccn3nc(NC(=O)C4CC4)cc3c2)c(O[C@H]2CCN(C)C2)cn1. The molecule has 1 saturated carbocycles. The Kier molecular flexibility index (Phi) is 4.47. The summed E-state index contributed by atoms with van der Waals surface area (Å²) in [5, 5.41) is 7.38. The molecular weight excluding hydrogens is 366 g/mol. The van der Waals surface area contributed by atoms with Crippen LogP contribution in [0, 0.1) is 12.8 Å². The Labute approximate surface area is 169 Å². The summed E-state index contributed by atoms with van der Waals surface area (Å²) in [5.41, 5.74) is 3.94. The van der Waals surface area contributed by atoms with E-state index in [2.05, 4.69) is 39.5 Å². The summed E-state index contributed by atoms with van der Waals surface area (Å²) in [6, 6.07) is 8.06. The minimum absolute atomic E-state index is 0.0654. The van der Waals surface area contributed by atoms with Gasteiger partial charge in [0.2, 0.25) is 5.91 Å². The van der Waals surface area contributed by atoms with Crippen molar-refractivity contribution < 1.29 is 9.53 Å². The molecule has 4 heterocycles. The van der Waals surface area contributed by atoms with Crippen LogP contribution >= 0.6 is 0 Å². The van der Waals surface area contributed by atoms with Crippen molar-refractivity contribution in [1.29, 1.82) is 0 Å². The smallest absolute Gasteiger partial charge is 0.228 e. The van der Waals surface area contributed by atoms with E-state index in [-0.39, 0.29) is 17.9 Å². The zero-order valence-electron chi connectivity index (χ0n) is 16.8. The number of likely N-dealkylation sites (N-methyl/N-ethyl adjacent to an activating group) is 1. The highest BCUT2D eigenvalue weighted by molar-refractivity contribution is 5.93. The second kappa shape index (κ2) is 7.15. The summed E-state index contributed by atoms with van der Waals surface area (Å²) in [6.45, 7) is 3.97. The molecule has 29 heavy (non-hydrogen) atoms. The Hall–Kier alpha value is -2.93. The maximum atomic E-state index is 12.0. The monoisotopic (exact) mass is 391 g/mol. The van der Waals surface area contributed by atoms with Crippen LogP contribution in [0.5, 0.6) is 5.75 Å². The number of rotatable bonds is 5. The second-order valence-corrected chi connectivity index (χ2v) is 8.19. The Morgan fingerprint density at radius 3 is 2.86 bits per heavy atom. The number of amides is 1. The van der Waals surface area contributed by atoms with E-state index >= 15 is 0 Å². The van der Waals surface area contributed by atoms with Gasteiger partial charge in [-0.15, -0.1) is 0 Å². The first-order chi connectivity index (χ1) is 14.0. The van der Waals surface area contributed by atoms with E-state index in [1.807, 2.05) is 31.5 Å². The van der Waals surface area contributed by atoms with E-state index in [9.17, 15) is 4.79 Å². The predicted octanol–water partition coefficient (Wildman–Crippen LogP) is 3.14. The van der Waals surface area contributed by atoms with E-state index in [4.69, 9.17) is 4.74 Å². The molecule has 1 saturated heterocycles. The summed E-state index contributed by atoms with van der Waals surface area (Å²) >= 11 is 0. The summed E-state index contributed by atoms with van der Waals surface area (Å²) in [6.07, 6.45) is 6.90. The van der Waals surface area contributed by atoms with Crippen LogP contribution in [0.3, 0.4) is 0 Å². The molecule has 7 nitrogen and oxygen atoms in total. The molecule has 1 aliphatic carbocycles. The zero-order chi connectivity index (χ0) is 20.0. The quantitative estimate of drug-likeness (QED) is 0.723. The molecular formula is C22H25N5O2. The number of fused-ring (bicyclic) bond motifs is 1.